The van der Waals surface area contributed by atoms with Gasteiger partial charge in [-0.2, -0.15) is 0 Å². The summed E-state index contributed by atoms with van der Waals surface area (Å²) in [5, 5.41) is 2.92. The highest BCUT2D eigenvalue weighted by Gasteiger charge is 2.34. The fourth-order valence-electron chi connectivity index (χ4n) is 3.12. The van der Waals surface area contributed by atoms with Gasteiger partial charge in [0.25, 0.3) is 0 Å². The van der Waals surface area contributed by atoms with Crippen molar-refractivity contribution in [3.63, 3.8) is 0 Å². The molecule has 1 aliphatic heterocycles. The Bertz CT molecular complexity index is 765. The molecule has 2 aromatic rings. The lowest BCUT2D eigenvalue weighted by Crippen LogP contribution is -2.55. The molecule has 0 radical (unpaired) electrons. The first kappa shape index (κ1) is 18.9. The van der Waals surface area contributed by atoms with Crippen LogP contribution in [0.15, 0.2) is 46.3 Å². The second kappa shape index (κ2) is 8.68. The van der Waals surface area contributed by atoms with E-state index in [4.69, 9.17) is 0 Å². The molecule has 1 unspecified atom stereocenters. The Morgan fingerprint density at radius 3 is 2.77 bits per heavy atom. The Kier molecular flexibility index (Phi) is 6.32. The number of carbonyl (C=O) groups is 2. The molecule has 1 N–H and O–H groups in total. The van der Waals surface area contributed by atoms with E-state index < -0.39 is 6.04 Å². The zero-order valence-corrected chi connectivity index (χ0v) is 17.1. The number of urea groups is 1. The summed E-state index contributed by atoms with van der Waals surface area (Å²) in [6.07, 6.45) is 2.36. The Morgan fingerprint density at radius 1 is 1.31 bits per heavy atom. The van der Waals surface area contributed by atoms with E-state index in [0.717, 1.165) is 22.3 Å². The van der Waals surface area contributed by atoms with E-state index >= 15 is 0 Å². The van der Waals surface area contributed by atoms with Crippen LogP contribution in [0, 0.1) is 0 Å². The van der Waals surface area contributed by atoms with E-state index in [-0.39, 0.29) is 11.9 Å². The highest BCUT2D eigenvalue weighted by Crippen LogP contribution is 2.24. The summed E-state index contributed by atoms with van der Waals surface area (Å²) >= 11 is 5.11. The molecule has 7 heteroatoms. The zero-order chi connectivity index (χ0) is 18.5. The molecule has 1 saturated heterocycles. The zero-order valence-electron chi connectivity index (χ0n) is 14.7. The minimum absolute atomic E-state index is 0.0118. The number of nitrogens with one attached hydrogen (secondary N) is 1. The first-order valence-corrected chi connectivity index (χ1v) is 10.3. The predicted molar refractivity (Wildman–Crippen MR) is 109 cm³/mol. The average Bonchev–Trinajstić information content (AvgIpc) is 3.07. The molecule has 138 valence electrons. The van der Waals surface area contributed by atoms with Crippen molar-refractivity contribution in [1.29, 1.82) is 0 Å². The van der Waals surface area contributed by atoms with Gasteiger partial charge in [0, 0.05) is 30.7 Å². The van der Waals surface area contributed by atoms with E-state index in [0.29, 0.717) is 19.5 Å². The lowest BCUT2D eigenvalue weighted by Gasteiger charge is -2.36. The molecule has 0 bridgehead atoms. The number of thiophene rings is 1. The number of likely N-dealkylation sites (N-methyl/N-ethyl adjacent to an activating group) is 1. The van der Waals surface area contributed by atoms with Gasteiger partial charge >= 0.3 is 6.03 Å². The van der Waals surface area contributed by atoms with Crippen LogP contribution in [0.2, 0.25) is 0 Å². The largest absolute Gasteiger partial charge is 0.338 e. The topological polar surface area (TPSA) is 52.7 Å². The Balaban J connectivity index is 1.56. The monoisotopic (exact) mass is 435 g/mol. The van der Waals surface area contributed by atoms with E-state index in [1.54, 1.807) is 28.2 Å². The highest BCUT2D eigenvalue weighted by molar-refractivity contribution is 9.11. The minimum Gasteiger partial charge on any atom is -0.338 e. The first-order chi connectivity index (χ1) is 12.6. The number of hydrogen-bond donors (Lipinski definition) is 1. The van der Waals surface area contributed by atoms with Crippen LogP contribution in [0.3, 0.4) is 0 Å². The van der Waals surface area contributed by atoms with Gasteiger partial charge in [-0.3, -0.25) is 4.79 Å². The quantitative estimate of drug-likeness (QED) is 0.774. The van der Waals surface area contributed by atoms with Crippen molar-refractivity contribution >= 4 is 44.9 Å². The van der Waals surface area contributed by atoms with Crippen molar-refractivity contribution in [1.82, 2.24) is 10.2 Å². The smallest absolute Gasteiger partial charge is 0.317 e. The second-order valence-electron chi connectivity index (χ2n) is 6.28. The third-order valence-electron chi connectivity index (χ3n) is 4.54. The molecular formula is C19H22BrN3O2S. The summed E-state index contributed by atoms with van der Waals surface area (Å²) in [6.45, 7) is 1.25. The Morgan fingerprint density at radius 2 is 2.08 bits per heavy atom. The molecule has 1 atom stereocenters. The summed E-state index contributed by atoms with van der Waals surface area (Å²) in [5.41, 5.74) is 0.888. The highest BCUT2D eigenvalue weighted by atomic mass is 79.9. The molecule has 0 saturated carbocycles. The number of carbonyl (C=O) groups excluding carboxylic acids is 2. The van der Waals surface area contributed by atoms with E-state index in [2.05, 4.69) is 21.2 Å². The van der Waals surface area contributed by atoms with Crippen LogP contribution in [-0.4, -0.2) is 43.0 Å². The van der Waals surface area contributed by atoms with Gasteiger partial charge in [0.1, 0.15) is 6.04 Å². The number of anilines is 1. The molecule has 1 aliphatic rings. The number of piperidine rings is 1. The maximum Gasteiger partial charge on any atom is 0.317 e. The molecular weight excluding hydrogens is 414 g/mol. The number of benzene rings is 1. The van der Waals surface area contributed by atoms with Crippen molar-refractivity contribution in [2.45, 2.75) is 25.3 Å². The van der Waals surface area contributed by atoms with Crippen molar-refractivity contribution < 1.29 is 9.59 Å². The van der Waals surface area contributed by atoms with Gasteiger partial charge in [-0.1, -0.05) is 18.2 Å². The minimum atomic E-state index is -0.417. The number of hydrogen-bond acceptors (Lipinski definition) is 3. The number of para-hydroxylation sites is 1. The molecule has 26 heavy (non-hydrogen) atoms. The SMILES string of the molecule is CN(C(=O)NCCc1ccc(Br)s1)C1CCCN(c2ccccc2)C1=O. The summed E-state index contributed by atoms with van der Waals surface area (Å²) in [7, 11) is 1.70. The Hall–Kier alpha value is -1.86. The van der Waals surface area contributed by atoms with Crippen LogP contribution < -0.4 is 10.2 Å². The van der Waals surface area contributed by atoms with E-state index in [1.165, 1.54) is 4.88 Å². The molecule has 1 aromatic heterocycles. The maximum atomic E-state index is 12.9. The normalized spacial score (nSPS) is 17.2. The van der Waals surface area contributed by atoms with Crippen LogP contribution in [0.4, 0.5) is 10.5 Å². The maximum absolute atomic E-state index is 12.9. The summed E-state index contributed by atoms with van der Waals surface area (Å²) in [6, 6.07) is 13.1. The first-order valence-electron chi connectivity index (χ1n) is 8.67. The molecule has 1 aromatic carbocycles. The lowest BCUT2D eigenvalue weighted by atomic mass is 10.0. The molecule has 5 nitrogen and oxygen atoms in total. The standard InChI is InChI=1S/C19H22BrN3O2S/c1-22(19(25)21-12-11-15-9-10-17(20)26-15)16-8-5-13-23(18(16)24)14-6-3-2-4-7-14/h2-4,6-7,9-10,16H,5,8,11-13H2,1H3,(H,21,25). The van der Waals surface area contributed by atoms with Gasteiger partial charge in [0.15, 0.2) is 0 Å². The Labute approximate surface area is 166 Å². The summed E-state index contributed by atoms with van der Waals surface area (Å²) < 4.78 is 1.09. The predicted octanol–water partition coefficient (Wildman–Crippen LogP) is 3.89. The van der Waals surface area contributed by atoms with Crippen LogP contribution >= 0.6 is 27.3 Å². The van der Waals surface area contributed by atoms with Crippen LogP contribution in [0.1, 0.15) is 17.7 Å². The van der Waals surface area contributed by atoms with Crippen LogP contribution in [0.5, 0.6) is 0 Å². The van der Waals surface area contributed by atoms with Crippen molar-refractivity contribution in [2.75, 3.05) is 25.0 Å². The molecule has 2 heterocycles. The molecule has 3 amide bonds. The molecule has 3 rings (SSSR count). The average molecular weight is 436 g/mol. The molecule has 0 aliphatic carbocycles. The fraction of sp³-hybridized carbons (Fsp3) is 0.368. The molecule has 1 fully saturated rings. The second-order valence-corrected chi connectivity index (χ2v) is 8.83. The fourth-order valence-corrected chi connectivity index (χ4v) is 4.61. The van der Waals surface area contributed by atoms with Gasteiger partial charge in [-0.05, 0) is 59.5 Å². The lowest BCUT2D eigenvalue weighted by molar-refractivity contribution is -0.123. The van der Waals surface area contributed by atoms with Crippen molar-refractivity contribution in [3.8, 4) is 0 Å². The summed E-state index contributed by atoms with van der Waals surface area (Å²) in [5.74, 6) is -0.0118. The summed E-state index contributed by atoms with van der Waals surface area (Å²) in [4.78, 5) is 29.9. The van der Waals surface area contributed by atoms with Crippen LogP contribution in [-0.2, 0) is 11.2 Å². The molecule has 0 spiro atoms. The van der Waals surface area contributed by atoms with E-state index in [9.17, 15) is 9.59 Å². The van der Waals surface area contributed by atoms with Gasteiger partial charge < -0.3 is 15.1 Å². The van der Waals surface area contributed by atoms with Crippen LogP contribution in [0.25, 0.3) is 0 Å². The number of halogens is 1. The number of nitrogens with zero attached hydrogens (tertiary/aromatic N) is 2. The number of rotatable bonds is 5. The van der Waals surface area contributed by atoms with Gasteiger partial charge in [-0.25, -0.2) is 4.79 Å². The number of amides is 3. The van der Waals surface area contributed by atoms with Crippen molar-refractivity contribution in [2.24, 2.45) is 0 Å². The third-order valence-corrected chi connectivity index (χ3v) is 6.23. The van der Waals surface area contributed by atoms with Gasteiger partial charge in [0.05, 0.1) is 3.79 Å². The van der Waals surface area contributed by atoms with Crippen molar-refractivity contribution in [3.05, 3.63) is 51.1 Å². The third kappa shape index (κ3) is 4.45. The van der Waals surface area contributed by atoms with Gasteiger partial charge in [-0.15, -0.1) is 11.3 Å². The van der Waals surface area contributed by atoms with Gasteiger partial charge in [0.2, 0.25) is 5.91 Å². The van der Waals surface area contributed by atoms with E-state index in [1.807, 2.05) is 42.5 Å².